The summed E-state index contributed by atoms with van der Waals surface area (Å²) in [6.07, 6.45) is 0. The highest BCUT2D eigenvalue weighted by Gasteiger charge is 2.14. The van der Waals surface area contributed by atoms with Gasteiger partial charge in [0, 0.05) is 30.4 Å². The van der Waals surface area contributed by atoms with Crippen LogP contribution in [0.1, 0.15) is 33.7 Å². The number of hydrogen-bond acceptors (Lipinski definition) is 5. The molecule has 0 atom stereocenters. The van der Waals surface area contributed by atoms with Crippen molar-refractivity contribution in [2.75, 3.05) is 5.32 Å². The van der Waals surface area contributed by atoms with E-state index in [2.05, 4.69) is 10.3 Å². The molecule has 0 aromatic carbocycles. The molecule has 0 saturated heterocycles. The minimum Gasteiger partial charge on any atom is -0.340 e. The van der Waals surface area contributed by atoms with E-state index in [1.807, 2.05) is 0 Å². The molecule has 7 heteroatoms. The minimum absolute atomic E-state index is 0.0670. The van der Waals surface area contributed by atoms with Crippen LogP contribution in [0.15, 0.2) is 16.9 Å². The fourth-order valence-corrected chi connectivity index (χ4v) is 3.09. The topological polar surface area (TPSA) is 81.1 Å². The molecule has 0 spiro atoms. The minimum atomic E-state index is -0.251. The summed E-state index contributed by atoms with van der Waals surface area (Å²) in [6.45, 7) is 6.86. The number of thiazole rings is 1. The summed E-state index contributed by atoms with van der Waals surface area (Å²) >= 11 is 1.17. The average Bonchev–Trinajstić information content (AvgIpc) is 2.74. The van der Waals surface area contributed by atoms with Crippen molar-refractivity contribution in [3.05, 3.63) is 44.3 Å². The van der Waals surface area contributed by atoms with Gasteiger partial charge in [-0.3, -0.25) is 14.4 Å². The Kier molecular flexibility index (Phi) is 4.56. The molecule has 22 heavy (non-hydrogen) atoms. The Balaban J connectivity index is 2.16. The second-order valence-electron chi connectivity index (χ2n) is 5.10. The van der Waals surface area contributed by atoms with E-state index in [4.69, 9.17) is 0 Å². The Labute approximate surface area is 131 Å². The van der Waals surface area contributed by atoms with Crippen LogP contribution in [-0.2, 0) is 11.3 Å². The summed E-state index contributed by atoms with van der Waals surface area (Å²) < 4.78 is 1.75. The highest BCUT2D eigenvalue weighted by atomic mass is 32.1. The number of pyridine rings is 1. The van der Waals surface area contributed by atoms with Crippen molar-refractivity contribution in [3.8, 4) is 0 Å². The second-order valence-corrected chi connectivity index (χ2v) is 6.10. The predicted molar refractivity (Wildman–Crippen MR) is 85.7 cm³/mol. The molecule has 2 aromatic rings. The summed E-state index contributed by atoms with van der Waals surface area (Å²) in [4.78, 5) is 39.7. The number of amides is 1. The molecule has 2 rings (SSSR count). The third kappa shape index (κ3) is 3.48. The van der Waals surface area contributed by atoms with Crippen LogP contribution in [0.2, 0.25) is 0 Å². The van der Waals surface area contributed by atoms with Crippen LogP contribution < -0.4 is 10.7 Å². The van der Waals surface area contributed by atoms with Gasteiger partial charge in [0.2, 0.25) is 5.91 Å². The molecule has 0 bridgehead atoms. The van der Waals surface area contributed by atoms with Crippen molar-refractivity contribution in [2.24, 2.45) is 0 Å². The van der Waals surface area contributed by atoms with Gasteiger partial charge in [0.1, 0.15) is 6.54 Å². The van der Waals surface area contributed by atoms with Gasteiger partial charge in [-0.05, 0) is 20.8 Å². The molecule has 6 nitrogen and oxygen atoms in total. The number of hydrogen-bond donors (Lipinski definition) is 1. The summed E-state index contributed by atoms with van der Waals surface area (Å²) in [5.41, 5.74) is 1.98. The lowest BCUT2D eigenvalue weighted by molar-refractivity contribution is -0.116. The van der Waals surface area contributed by atoms with Crippen LogP contribution in [0.5, 0.6) is 0 Å². The maximum absolute atomic E-state index is 12.1. The number of carbonyl (C=O) groups excluding carboxylic acids is 2. The van der Waals surface area contributed by atoms with Gasteiger partial charge in [-0.25, -0.2) is 4.98 Å². The summed E-state index contributed by atoms with van der Waals surface area (Å²) in [5.74, 6) is -0.318. The fourth-order valence-electron chi connectivity index (χ4n) is 2.22. The molecule has 0 aliphatic heterocycles. The van der Waals surface area contributed by atoms with Gasteiger partial charge in [-0.2, -0.15) is 0 Å². The molecule has 1 N–H and O–H groups in total. The van der Waals surface area contributed by atoms with Gasteiger partial charge in [0.05, 0.1) is 10.6 Å². The molecule has 116 valence electrons. The van der Waals surface area contributed by atoms with Gasteiger partial charge >= 0.3 is 0 Å². The number of rotatable bonds is 4. The van der Waals surface area contributed by atoms with E-state index in [0.29, 0.717) is 15.7 Å². The van der Waals surface area contributed by atoms with E-state index < -0.39 is 0 Å². The van der Waals surface area contributed by atoms with Crippen molar-refractivity contribution in [1.82, 2.24) is 9.55 Å². The van der Waals surface area contributed by atoms with E-state index in [1.54, 1.807) is 25.3 Å². The van der Waals surface area contributed by atoms with E-state index >= 15 is 0 Å². The molecule has 1 amide bonds. The van der Waals surface area contributed by atoms with E-state index in [-0.39, 0.29) is 23.7 Å². The van der Waals surface area contributed by atoms with Crippen molar-refractivity contribution >= 4 is 28.2 Å². The number of ketones is 1. The molecular formula is C15H17N3O3S. The maximum atomic E-state index is 12.1. The Morgan fingerprint density at radius 2 is 1.82 bits per heavy atom. The molecule has 0 saturated carbocycles. The van der Waals surface area contributed by atoms with Crippen LogP contribution in [0.4, 0.5) is 5.13 Å². The van der Waals surface area contributed by atoms with Crippen LogP contribution in [0.3, 0.4) is 0 Å². The average molecular weight is 319 g/mol. The second kappa shape index (κ2) is 6.23. The number of Topliss-reactive ketones (excluding diaryl/α,β-unsaturated/α-hetero) is 1. The van der Waals surface area contributed by atoms with Gasteiger partial charge < -0.3 is 9.88 Å². The third-order valence-corrected chi connectivity index (χ3v) is 4.39. The maximum Gasteiger partial charge on any atom is 0.246 e. The lowest BCUT2D eigenvalue weighted by atomic mass is 10.3. The van der Waals surface area contributed by atoms with Crippen LogP contribution in [0.25, 0.3) is 0 Å². The standard InChI is InChI=1S/C15H17N3O3S/c1-8-5-12(20)6-9(2)18(8)7-13(21)17-15-16-10(3)14(22-15)11(4)19/h5-6H,7H2,1-4H3,(H,16,17,21). The zero-order valence-electron chi connectivity index (χ0n) is 12.9. The lowest BCUT2D eigenvalue weighted by Gasteiger charge is -2.13. The monoisotopic (exact) mass is 319 g/mol. The summed E-state index contributed by atoms with van der Waals surface area (Å²) in [5, 5.41) is 3.10. The van der Waals surface area contributed by atoms with E-state index in [9.17, 15) is 14.4 Å². The number of aryl methyl sites for hydroxylation is 3. The summed E-state index contributed by atoms with van der Waals surface area (Å²) in [7, 11) is 0. The zero-order valence-corrected chi connectivity index (χ0v) is 13.7. The van der Waals surface area contributed by atoms with Gasteiger partial charge in [0.25, 0.3) is 0 Å². The molecule has 2 aromatic heterocycles. The number of carbonyl (C=O) groups is 2. The molecule has 0 radical (unpaired) electrons. The SMILES string of the molecule is CC(=O)c1sc(NC(=O)Cn2c(C)cc(=O)cc2C)nc1C. The first-order chi connectivity index (χ1) is 10.3. The molecular weight excluding hydrogens is 302 g/mol. The van der Waals surface area contributed by atoms with Gasteiger partial charge in [0.15, 0.2) is 16.3 Å². The molecule has 0 aliphatic carbocycles. The van der Waals surface area contributed by atoms with Crippen molar-refractivity contribution in [1.29, 1.82) is 0 Å². The Morgan fingerprint density at radius 3 is 2.32 bits per heavy atom. The van der Waals surface area contributed by atoms with Crippen molar-refractivity contribution < 1.29 is 9.59 Å². The number of nitrogens with zero attached hydrogens (tertiary/aromatic N) is 2. The van der Waals surface area contributed by atoms with Gasteiger partial charge in [-0.1, -0.05) is 11.3 Å². The number of aromatic nitrogens is 2. The fraction of sp³-hybridized carbons (Fsp3) is 0.333. The smallest absolute Gasteiger partial charge is 0.246 e. The zero-order chi connectivity index (χ0) is 16.4. The Hall–Kier alpha value is -2.28. The lowest BCUT2D eigenvalue weighted by Crippen LogP contribution is -2.23. The molecule has 0 aliphatic rings. The van der Waals surface area contributed by atoms with Gasteiger partial charge in [-0.15, -0.1) is 0 Å². The first kappa shape index (κ1) is 16.1. The highest BCUT2D eigenvalue weighted by molar-refractivity contribution is 7.17. The van der Waals surface area contributed by atoms with Crippen molar-refractivity contribution in [2.45, 2.75) is 34.2 Å². The normalized spacial score (nSPS) is 10.5. The van der Waals surface area contributed by atoms with Crippen LogP contribution in [-0.4, -0.2) is 21.2 Å². The van der Waals surface area contributed by atoms with Crippen molar-refractivity contribution in [3.63, 3.8) is 0 Å². The highest BCUT2D eigenvalue weighted by Crippen LogP contribution is 2.22. The quantitative estimate of drug-likeness (QED) is 0.875. The van der Waals surface area contributed by atoms with E-state index in [1.165, 1.54) is 30.4 Å². The van der Waals surface area contributed by atoms with Crippen LogP contribution >= 0.6 is 11.3 Å². The summed E-state index contributed by atoms with van der Waals surface area (Å²) in [6, 6.07) is 2.98. The Bertz CT molecular complexity index is 779. The van der Waals surface area contributed by atoms with E-state index in [0.717, 1.165) is 11.4 Å². The first-order valence-corrected chi connectivity index (χ1v) is 7.56. The molecule has 0 unspecified atom stereocenters. The number of anilines is 1. The molecule has 2 heterocycles. The molecule has 0 fully saturated rings. The first-order valence-electron chi connectivity index (χ1n) is 6.74. The largest absolute Gasteiger partial charge is 0.340 e. The number of nitrogens with one attached hydrogen (secondary N) is 1. The third-order valence-electron chi connectivity index (χ3n) is 3.22. The predicted octanol–water partition coefficient (Wildman–Crippen LogP) is 2.07. The Morgan fingerprint density at radius 1 is 1.23 bits per heavy atom. The van der Waals surface area contributed by atoms with Crippen LogP contribution in [0, 0.1) is 20.8 Å².